The number of hydrogen-bond acceptors (Lipinski definition) is 8. The minimum absolute atomic E-state index is 0.0510. The van der Waals surface area contributed by atoms with Crippen LogP contribution in [0.4, 0.5) is 0 Å². The first kappa shape index (κ1) is 27.6. The highest BCUT2D eigenvalue weighted by atomic mass is 32.2. The Kier molecular flexibility index (Phi) is 6.26. The number of Topliss-reactive ketones (excluding diaryl/α,β-unsaturated/α-hetero) is 1. The molecule has 14 heteroatoms. The first-order valence-electron chi connectivity index (χ1n) is 11.2. The minimum Gasteiger partial charge on any atom is -0.507 e. The summed E-state index contributed by atoms with van der Waals surface area (Å²) in [6.07, 6.45) is 1.36. The molecular formula is C26H18O11S3. The molecule has 0 aliphatic carbocycles. The van der Waals surface area contributed by atoms with Gasteiger partial charge in [-0.15, -0.1) is 0 Å². The summed E-state index contributed by atoms with van der Waals surface area (Å²) in [5.74, 6) is -0.852. The van der Waals surface area contributed by atoms with Gasteiger partial charge in [0.25, 0.3) is 30.4 Å². The van der Waals surface area contributed by atoms with E-state index >= 15 is 0 Å². The van der Waals surface area contributed by atoms with Crippen LogP contribution in [0.5, 0.6) is 5.75 Å². The summed E-state index contributed by atoms with van der Waals surface area (Å²) >= 11 is 0. The standard InChI is InChI=1S/C26H18O11S3/c1-13(10-14-4-2-3-5-20(14)27)26(28)19-11-21(38(29,30)31)16-8-9-18-23(40(35,36)37)12-22(39(32,33)34)17-7-6-15(19)24(16)25(17)18/h2-12,27H,1H3,(H,29,30,31)(H,32,33,34)(H,35,36,37). The second-order valence-corrected chi connectivity index (χ2v) is 13.2. The number of carbonyl (C=O) groups excluding carboxylic acids is 1. The zero-order valence-corrected chi connectivity index (χ0v) is 22.7. The summed E-state index contributed by atoms with van der Waals surface area (Å²) in [4.78, 5) is 11.1. The lowest BCUT2D eigenvalue weighted by atomic mass is 9.89. The van der Waals surface area contributed by atoms with Crippen molar-refractivity contribution in [3.8, 4) is 5.75 Å². The Morgan fingerprint density at radius 1 is 0.650 bits per heavy atom. The van der Waals surface area contributed by atoms with Crippen molar-refractivity contribution in [3.63, 3.8) is 0 Å². The van der Waals surface area contributed by atoms with Gasteiger partial charge >= 0.3 is 0 Å². The highest BCUT2D eigenvalue weighted by Gasteiger charge is 2.29. The summed E-state index contributed by atoms with van der Waals surface area (Å²) in [5.41, 5.74) is 0.0936. The largest absolute Gasteiger partial charge is 0.507 e. The second-order valence-electron chi connectivity index (χ2n) is 9.01. The fourth-order valence-electron chi connectivity index (χ4n) is 4.85. The summed E-state index contributed by atoms with van der Waals surface area (Å²) in [7, 11) is -15.1. The fraction of sp³-hybridized carbons (Fsp3) is 0.0385. The van der Waals surface area contributed by atoms with E-state index in [0.29, 0.717) is 6.07 Å². The number of phenols is 1. The topological polar surface area (TPSA) is 200 Å². The molecule has 5 rings (SSSR count). The Morgan fingerprint density at radius 2 is 1.07 bits per heavy atom. The summed E-state index contributed by atoms with van der Waals surface area (Å²) < 4.78 is 103. The smallest absolute Gasteiger partial charge is 0.295 e. The Morgan fingerprint density at radius 3 is 1.55 bits per heavy atom. The monoisotopic (exact) mass is 602 g/mol. The van der Waals surface area contributed by atoms with E-state index in [2.05, 4.69) is 0 Å². The molecule has 0 bridgehead atoms. The maximum atomic E-state index is 13.6. The lowest BCUT2D eigenvalue weighted by Crippen LogP contribution is -2.09. The fourth-order valence-corrected chi connectivity index (χ4v) is 7.07. The first-order valence-corrected chi connectivity index (χ1v) is 15.5. The molecule has 0 aliphatic heterocycles. The molecule has 0 atom stereocenters. The van der Waals surface area contributed by atoms with Crippen molar-refractivity contribution < 1.29 is 48.8 Å². The molecule has 0 aromatic heterocycles. The number of para-hydroxylation sites is 1. The van der Waals surface area contributed by atoms with E-state index in [-0.39, 0.29) is 54.8 Å². The lowest BCUT2D eigenvalue weighted by molar-refractivity contribution is 0.103. The van der Waals surface area contributed by atoms with Gasteiger partial charge in [0.2, 0.25) is 0 Å². The Hall–Kier alpha value is -3.92. The van der Waals surface area contributed by atoms with Crippen molar-refractivity contribution >= 4 is 74.5 Å². The molecular weight excluding hydrogens is 584 g/mol. The maximum Gasteiger partial charge on any atom is 0.295 e. The van der Waals surface area contributed by atoms with Crippen LogP contribution in [0.2, 0.25) is 0 Å². The average molecular weight is 603 g/mol. The van der Waals surface area contributed by atoms with E-state index in [4.69, 9.17) is 0 Å². The SMILES string of the molecule is CC(=Cc1ccccc1O)C(=O)c1cc(S(=O)(=O)O)c2ccc3c(S(=O)(=O)O)cc(S(=O)(=O)O)c4ccc1c2c43. The van der Waals surface area contributed by atoms with Crippen LogP contribution in [-0.4, -0.2) is 49.8 Å². The third kappa shape index (κ3) is 4.50. The normalized spacial score (nSPS) is 13.4. The Balaban J connectivity index is 1.99. The van der Waals surface area contributed by atoms with Gasteiger partial charge in [0.1, 0.15) is 20.4 Å². The molecule has 0 saturated heterocycles. The van der Waals surface area contributed by atoms with E-state index in [1.54, 1.807) is 12.1 Å². The zero-order valence-electron chi connectivity index (χ0n) is 20.2. The number of hydrogen-bond donors (Lipinski definition) is 4. The van der Waals surface area contributed by atoms with Gasteiger partial charge in [0, 0.05) is 32.7 Å². The summed E-state index contributed by atoms with van der Waals surface area (Å²) in [6.45, 7) is 1.41. The van der Waals surface area contributed by atoms with Crippen LogP contribution in [0.3, 0.4) is 0 Å². The highest BCUT2D eigenvalue weighted by molar-refractivity contribution is 7.87. The number of aromatic hydroxyl groups is 1. The van der Waals surface area contributed by atoms with Crippen molar-refractivity contribution in [2.24, 2.45) is 0 Å². The third-order valence-corrected chi connectivity index (χ3v) is 9.21. The van der Waals surface area contributed by atoms with E-state index in [9.17, 15) is 48.8 Å². The third-order valence-electron chi connectivity index (χ3n) is 6.53. The van der Waals surface area contributed by atoms with Gasteiger partial charge in [-0.2, -0.15) is 25.3 Å². The van der Waals surface area contributed by atoms with Crippen LogP contribution < -0.4 is 0 Å². The van der Waals surface area contributed by atoms with Crippen LogP contribution in [0.15, 0.2) is 80.9 Å². The molecule has 40 heavy (non-hydrogen) atoms. The second kappa shape index (κ2) is 9.05. The van der Waals surface area contributed by atoms with E-state index in [1.807, 2.05) is 0 Å². The number of benzene rings is 5. The van der Waals surface area contributed by atoms with E-state index in [0.717, 1.165) is 18.2 Å². The lowest BCUT2D eigenvalue weighted by Gasteiger charge is -2.18. The molecule has 5 aromatic carbocycles. The molecule has 0 fully saturated rings. The van der Waals surface area contributed by atoms with Gasteiger partial charge in [-0.3, -0.25) is 18.5 Å². The van der Waals surface area contributed by atoms with Gasteiger partial charge in [0.05, 0.1) is 0 Å². The quantitative estimate of drug-likeness (QED) is 0.0933. The van der Waals surface area contributed by atoms with Crippen molar-refractivity contribution in [1.82, 2.24) is 0 Å². The van der Waals surface area contributed by atoms with Gasteiger partial charge in [0.15, 0.2) is 5.78 Å². The van der Waals surface area contributed by atoms with Crippen LogP contribution >= 0.6 is 0 Å². The zero-order chi connectivity index (χ0) is 29.4. The summed E-state index contributed by atoms with van der Waals surface area (Å²) in [6, 6.07) is 12.4. The van der Waals surface area contributed by atoms with Gasteiger partial charge in [-0.25, -0.2) is 0 Å². The number of carbonyl (C=O) groups is 1. The van der Waals surface area contributed by atoms with Crippen LogP contribution in [-0.2, 0) is 30.4 Å². The Labute approximate surface area is 227 Å². The average Bonchev–Trinajstić information content (AvgIpc) is 2.85. The van der Waals surface area contributed by atoms with Crippen molar-refractivity contribution in [2.45, 2.75) is 21.6 Å². The number of rotatable bonds is 6. The van der Waals surface area contributed by atoms with E-state index < -0.39 is 50.8 Å². The molecule has 5 aromatic rings. The number of ketones is 1. The predicted octanol–water partition coefficient (Wildman–Crippen LogP) is 4.32. The molecule has 0 spiro atoms. The number of phenolic OH excluding ortho intramolecular Hbond substituents is 1. The van der Waals surface area contributed by atoms with Gasteiger partial charge in [-0.05, 0) is 47.5 Å². The molecule has 0 heterocycles. The van der Waals surface area contributed by atoms with Crippen LogP contribution in [0, 0.1) is 0 Å². The maximum absolute atomic E-state index is 13.6. The molecule has 0 unspecified atom stereocenters. The van der Waals surface area contributed by atoms with Gasteiger partial charge in [-0.1, -0.05) is 42.5 Å². The predicted molar refractivity (Wildman–Crippen MR) is 146 cm³/mol. The molecule has 0 amide bonds. The van der Waals surface area contributed by atoms with E-state index in [1.165, 1.54) is 37.3 Å². The molecule has 0 aliphatic rings. The van der Waals surface area contributed by atoms with Crippen molar-refractivity contribution in [3.05, 3.63) is 77.4 Å². The minimum atomic E-state index is -5.07. The molecule has 4 N–H and O–H groups in total. The van der Waals surface area contributed by atoms with Crippen molar-refractivity contribution in [2.75, 3.05) is 0 Å². The first-order chi connectivity index (χ1) is 18.5. The van der Waals surface area contributed by atoms with Crippen molar-refractivity contribution in [1.29, 1.82) is 0 Å². The molecule has 11 nitrogen and oxygen atoms in total. The number of allylic oxidation sites excluding steroid dienone is 1. The molecule has 0 saturated carbocycles. The van der Waals surface area contributed by atoms with Gasteiger partial charge < -0.3 is 5.11 Å². The van der Waals surface area contributed by atoms with Crippen LogP contribution in [0.1, 0.15) is 22.8 Å². The molecule has 206 valence electrons. The Bertz CT molecular complexity index is 2210. The van der Waals surface area contributed by atoms with Crippen LogP contribution in [0.25, 0.3) is 38.4 Å². The summed E-state index contributed by atoms with van der Waals surface area (Å²) in [5, 5.41) is 9.22. The molecule has 0 radical (unpaired) electrons. The highest BCUT2D eigenvalue weighted by Crippen LogP contribution is 2.43.